The second-order valence-corrected chi connectivity index (χ2v) is 5.98. The van der Waals surface area contributed by atoms with Crippen LogP contribution in [0.4, 0.5) is 0 Å². The Labute approximate surface area is 187 Å². The summed E-state index contributed by atoms with van der Waals surface area (Å²) in [6.45, 7) is 1.09. The van der Waals surface area contributed by atoms with Gasteiger partial charge in [-0.3, -0.25) is 4.99 Å². The molecule has 0 aliphatic rings. The maximum atomic E-state index is 5.56. The molecule has 0 amide bonds. The zero-order valence-electron chi connectivity index (χ0n) is 16.6. The van der Waals surface area contributed by atoms with E-state index in [0.29, 0.717) is 36.4 Å². The summed E-state index contributed by atoms with van der Waals surface area (Å²) in [6, 6.07) is 15.6. The third kappa shape index (κ3) is 6.11. The molecule has 154 valence electrons. The quantitative estimate of drug-likeness (QED) is 0.287. The van der Waals surface area contributed by atoms with Crippen LogP contribution < -0.4 is 20.1 Å². The normalized spacial score (nSPS) is 10.8. The molecule has 2 aromatic carbocycles. The number of nitrogens with zero attached hydrogens (tertiary/aromatic N) is 2. The molecule has 0 aliphatic carbocycles. The van der Waals surface area contributed by atoms with Gasteiger partial charge in [-0.25, -0.2) is 4.98 Å². The van der Waals surface area contributed by atoms with Crippen molar-refractivity contribution in [2.24, 2.45) is 4.99 Å². The molecule has 0 saturated heterocycles. The number of aromatic nitrogens is 1. The molecule has 0 saturated carbocycles. The highest BCUT2D eigenvalue weighted by Crippen LogP contribution is 2.27. The van der Waals surface area contributed by atoms with E-state index in [1.807, 2.05) is 48.5 Å². The number of hydrogen-bond acceptors (Lipinski definition) is 5. The molecule has 1 heterocycles. The maximum absolute atomic E-state index is 5.56. The number of hydrogen-bond donors (Lipinski definition) is 2. The van der Waals surface area contributed by atoms with Crippen molar-refractivity contribution in [1.82, 2.24) is 15.6 Å². The fourth-order valence-corrected chi connectivity index (χ4v) is 2.67. The number of ether oxygens (including phenoxy) is 2. The minimum absolute atomic E-state index is 0. The van der Waals surface area contributed by atoms with Crippen LogP contribution in [0.15, 0.2) is 64.2 Å². The Bertz CT molecular complexity index is 929. The molecule has 2 N–H and O–H groups in total. The lowest BCUT2D eigenvalue weighted by Gasteiger charge is -2.13. The lowest BCUT2D eigenvalue weighted by Crippen LogP contribution is -2.36. The number of guanidine groups is 1. The second kappa shape index (κ2) is 11.3. The minimum atomic E-state index is 0. The van der Waals surface area contributed by atoms with Crippen LogP contribution in [-0.2, 0) is 13.1 Å². The summed E-state index contributed by atoms with van der Waals surface area (Å²) in [7, 11) is 4.97. The molecule has 29 heavy (non-hydrogen) atoms. The van der Waals surface area contributed by atoms with Gasteiger partial charge in [0.1, 0.15) is 6.26 Å². The van der Waals surface area contributed by atoms with Gasteiger partial charge in [0.15, 0.2) is 17.5 Å². The molecule has 1 aromatic heterocycles. The smallest absolute Gasteiger partial charge is 0.226 e. The van der Waals surface area contributed by atoms with E-state index in [-0.39, 0.29) is 24.0 Å². The van der Waals surface area contributed by atoms with Crippen molar-refractivity contribution in [2.45, 2.75) is 13.1 Å². The zero-order chi connectivity index (χ0) is 19.8. The predicted octanol–water partition coefficient (Wildman–Crippen LogP) is 3.84. The minimum Gasteiger partial charge on any atom is -0.493 e. The van der Waals surface area contributed by atoms with E-state index in [2.05, 4.69) is 20.6 Å². The monoisotopic (exact) mass is 508 g/mol. The van der Waals surface area contributed by atoms with E-state index < -0.39 is 0 Å². The van der Waals surface area contributed by atoms with Gasteiger partial charge in [-0.2, -0.15) is 0 Å². The Morgan fingerprint density at radius 3 is 2.41 bits per heavy atom. The number of methoxy groups -OCH3 is 2. The van der Waals surface area contributed by atoms with E-state index in [1.165, 1.54) is 0 Å². The first-order chi connectivity index (χ1) is 13.7. The van der Waals surface area contributed by atoms with Crippen LogP contribution in [0.2, 0.25) is 0 Å². The van der Waals surface area contributed by atoms with Gasteiger partial charge in [-0.15, -0.1) is 24.0 Å². The van der Waals surface area contributed by atoms with Crippen LogP contribution in [-0.4, -0.2) is 32.2 Å². The van der Waals surface area contributed by atoms with Gasteiger partial charge in [-0.1, -0.05) is 24.3 Å². The van der Waals surface area contributed by atoms with Gasteiger partial charge in [0.05, 0.1) is 26.5 Å². The maximum Gasteiger partial charge on any atom is 0.226 e. The molecule has 8 heteroatoms. The molecule has 0 fully saturated rings. The van der Waals surface area contributed by atoms with Gasteiger partial charge in [0.25, 0.3) is 0 Å². The van der Waals surface area contributed by atoms with Gasteiger partial charge in [-0.05, 0) is 29.8 Å². The number of nitrogens with one attached hydrogen (secondary N) is 2. The molecule has 0 spiro atoms. The highest BCUT2D eigenvalue weighted by molar-refractivity contribution is 14.0. The topological polar surface area (TPSA) is 80.9 Å². The SMILES string of the molecule is CN=C(NCc1ccc(OC)c(OC)c1)NCc1coc(-c2ccccc2)n1.I. The summed E-state index contributed by atoms with van der Waals surface area (Å²) in [5.41, 5.74) is 2.80. The average Bonchev–Trinajstić information content (AvgIpc) is 3.23. The van der Waals surface area contributed by atoms with Gasteiger partial charge >= 0.3 is 0 Å². The van der Waals surface area contributed by atoms with E-state index >= 15 is 0 Å². The lowest BCUT2D eigenvalue weighted by molar-refractivity contribution is 0.354. The van der Waals surface area contributed by atoms with Crippen LogP contribution in [0, 0.1) is 0 Å². The summed E-state index contributed by atoms with van der Waals surface area (Å²) in [5.74, 6) is 2.67. The summed E-state index contributed by atoms with van der Waals surface area (Å²) in [5, 5.41) is 6.50. The van der Waals surface area contributed by atoms with Gasteiger partial charge in [0, 0.05) is 19.2 Å². The summed E-state index contributed by atoms with van der Waals surface area (Å²) < 4.78 is 16.2. The first-order valence-corrected chi connectivity index (χ1v) is 8.88. The summed E-state index contributed by atoms with van der Waals surface area (Å²) >= 11 is 0. The zero-order valence-corrected chi connectivity index (χ0v) is 19.0. The molecule has 0 unspecified atom stereocenters. The molecule has 0 bridgehead atoms. The number of aliphatic imine (C=N–C) groups is 1. The molecule has 0 atom stereocenters. The van der Waals surface area contributed by atoms with E-state index in [1.54, 1.807) is 27.5 Å². The van der Waals surface area contributed by atoms with Crippen molar-refractivity contribution in [3.63, 3.8) is 0 Å². The van der Waals surface area contributed by atoms with Crippen LogP contribution in [0.25, 0.3) is 11.5 Å². The number of rotatable bonds is 7. The molecular formula is C21H25IN4O3. The Morgan fingerprint density at radius 1 is 1.00 bits per heavy atom. The lowest BCUT2D eigenvalue weighted by atomic mass is 10.2. The third-order valence-corrected chi connectivity index (χ3v) is 4.14. The van der Waals surface area contributed by atoms with Crippen molar-refractivity contribution in [2.75, 3.05) is 21.3 Å². The van der Waals surface area contributed by atoms with Crippen molar-refractivity contribution in [1.29, 1.82) is 0 Å². The Balaban J connectivity index is 0.00000300. The molecule has 3 aromatic rings. The first-order valence-electron chi connectivity index (χ1n) is 8.88. The average molecular weight is 508 g/mol. The van der Waals surface area contributed by atoms with E-state index in [0.717, 1.165) is 16.8 Å². The van der Waals surface area contributed by atoms with Gasteiger partial charge < -0.3 is 24.5 Å². The second-order valence-electron chi connectivity index (χ2n) is 5.98. The fraction of sp³-hybridized carbons (Fsp3) is 0.238. The van der Waals surface area contributed by atoms with Crippen molar-refractivity contribution < 1.29 is 13.9 Å². The summed E-state index contributed by atoms with van der Waals surface area (Å²) in [4.78, 5) is 8.74. The molecule has 0 radical (unpaired) electrons. The molecule has 0 aliphatic heterocycles. The largest absolute Gasteiger partial charge is 0.493 e. The molecule has 3 rings (SSSR count). The number of halogens is 1. The molecule has 7 nitrogen and oxygen atoms in total. The Morgan fingerprint density at radius 2 is 1.72 bits per heavy atom. The van der Waals surface area contributed by atoms with Crippen molar-refractivity contribution in [3.05, 3.63) is 66.1 Å². The third-order valence-electron chi connectivity index (χ3n) is 4.14. The fourth-order valence-electron chi connectivity index (χ4n) is 2.67. The van der Waals surface area contributed by atoms with Crippen molar-refractivity contribution >= 4 is 29.9 Å². The predicted molar refractivity (Wildman–Crippen MR) is 124 cm³/mol. The number of oxazole rings is 1. The van der Waals surface area contributed by atoms with Crippen LogP contribution in [0.5, 0.6) is 11.5 Å². The Hall–Kier alpha value is -2.75. The first kappa shape index (κ1) is 22.5. The highest BCUT2D eigenvalue weighted by atomic mass is 127. The number of benzene rings is 2. The van der Waals surface area contributed by atoms with Crippen LogP contribution in [0.3, 0.4) is 0 Å². The Kier molecular flexibility index (Phi) is 8.78. The van der Waals surface area contributed by atoms with Crippen LogP contribution >= 0.6 is 24.0 Å². The van der Waals surface area contributed by atoms with E-state index in [4.69, 9.17) is 13.9 Å². The van der Waals surface area contributed by atoms with Gasteiger partial charge in [0.2, 0.25) is 5.89 Å². The van der Waals surface area contributed by atoms with Crippen LogP contribution in [0.1, 0.15) is 11.3 Å². The van der Waals surface area contributed by atoms with Crippen molar-refractivity contribution in [3.8, 4) is 23.0 Å². The highest BCUT2D eigenvalue weighted by Gasteiger charge is 2.08. The summed E-state index contributed by atoms with van der Waals surface area (Å²) in [6.07, 6.45) is 1.65. The molecular weight excluding hydrogens is 483 g/mol. The standard InChI is InChI=1S/C21H24N4O3.HI/c1-22-21(23-12-15-9-10-18(26-2)19(11-15)27-3)24-13-17-14-28-20(25-17)16-7-5-4-6-8-16;/h4-11,14H,12-13H2,1-3H3,(H2,22,23,24);1H. The van der Waals surface area contributed by atoms with E-state index in [9.17, 15) is 0 Å².